The van der Waals surface area contributed by atoms with Crippen LogP contribution in [0.3, 0.4) is 0 Å². The number of imide groups is 3. The zero-order chi connectivity index (χ0) is 28.9. The summed E-state index contributed by atoms with van der Waals surface area (Å²) in [5, 5.41) is 0. The summed E-state index contributed by atoms with van der Waals surface area (Å²) in [6.45, 7) is -0.734. The second kappa shape index (κ2) is 12.1. The van der Waals surface area contributed by atoms with Crippen molar-refractivity contribution in [3.8, 4) is 0 Å². The molecule has 0 spiro atoms. The summed E-state index contributed by atoms with van der Waals surface area (Å²) in [6, 6.07) is 22.6. The van der Waals surface area contributed by atoms with Gasteiger partial charge in [-0.3, -0.25) is 14.5 Å². The van der Waals surface area contributed by atoms with Gasteiger partial charge in [-0.1, -0.05) is 54.6 Å². The number of ether oxygens (including phenoxy) is 3. The monoisotopic (exact) mass is 560 g/mol. The van der Waals surface area contributed by atoms with Gasteiger partial charge in [-0.05, 0) is 36.4 Å². The minimum atomic E-state index is -2.09. The fraction of sp³-hybridized carbons (Fsp3) is 0.233. The van der Waals surface area contributed by atoms with Crippen molar-refractivity contribution in [2.75, 3.05) is 13.2 Å². The number of rotatable bonds is 7. The summed E-state index contributed by atoms with van der Waals surface area (Å²) in [4.78, 5) is 65.7. The van der Waals surface area contributed by atoms with Gasteiger partial charge in [0.25, 0.3) is 5.91 Å². The first kappa shape index (κ1) is 27.7. The van der Waals surface area contributed by atoms with Gasteiger partial charge >= 0.3 is 18.0 Å². The van der Waals surface area contributed by atoms with E-state index in [0.29, 0.717) is 4.90 Å². The molecule has 41 heavy (non-hydrogen) atoms. The number of halogens is 1. The zero-order valence-corrected chi connectivity index (χ0v) is 21.6. The molecule has 5 rings (SSSR count). The van der Waals surface area contributed by atoms with E-state index in [2.05, 4.69) is 0 Å². The first-order valence-corrected chi connectivity index (χ1v) is 12.9. The SMILES string of the molecule is O=C(OC[C@H]1O[C@@H](N2CCC(=O)N(C(=O)c3ccccc3)C2=O)[C@@H](F)C1OC(=O)c1ccccc1)c1ccccc1. The Balaban J connectivity index is 1.37. The fourth-order valence-corrected chi connectivity index (χ4v) is 4.61. The maximum Gasteiger partial charge on any atom is 0.338 e. The van der Waals surface area contributed by atoms with Crippen LogP contribution in [0.2, 0.25) is 0 Å². The summed E-state index contributed by atoms with van der Waals surface area (Å²) in [6.07, 6.45) is -6.84. The number of esters is 2. The van der Waals surface area contributed by atoms with Crippen LogP contribution in [0.15, 0.2) is 91.0 Å². The topological polar surface area (TPSA) is 120 Å². The van der Waals surface area contributed by atoms with Crippen molar-refractivity contribution in [3.05, 3.63) is 108 Å². The number of hydrogen-bond donors (Lipinski definition) is 0. The second-order valence-electron chi connectivity index (χ2n) is 9.34. The van der Waals surface area contributed by atoms with Crippen molar-refractivity contribution in [1.29, 1.82) is 0 Å². The normalized spacial score (nSPS) is 22.4. The van der Waals surface area contributed by atoms with Gasteiger partial charge in [0.1, 0.15) is 12.7 Å². The molecule has 2 aliphatic rings. The molecule has 0 aliphatic carbocycles. The van der Waals surface area contributed by atoms with Gasteiger partial charge in [-0.2, -0.15) is 4.90 Å². The Kier molecular flexibility index (Phi) is 8.16. The molecule has 2 saturated heterocycles. The molecule has 0 N–H and O–H groups in total. The Morgan fingerprint density at radius 1 is 0.805 bits per heavy atom. The van der Waals surface area contributed by atoms with Crippen LogP contribution in [0.5, 0.6) is 0 Å². The number of urea groups is 1. The maximum absolute atomic E-state index is 16.0. The van der Waals surface area contributed by atoms with Crippen molar-refractivity contribution in [1.82, 2.24) is 9.80 Å². The van der Waals surface area contributed by atoms with Crippen LogP contribution in [0.25, 0.3) is 0 Å². The molecule has 4 amide bonds. The van der Waals surface area contributed by atoms with E-state index in [1.165, 1.54) is 36.4 Å². The summed E-state index contributed by atoms with van der Waals surface area (Å²) >= 11 is 0. The number of alkyl halides is 1. The van der Waals surface area contributed by atoms with Gasteiger partial charge in [0.2, 0.25) is 5.91 Å². The molecule has 0 aromatic heterocycles. The molecule has 0 bridgehead atoms. The van der Waals surface area contributed by atoms with E-state index in [-0.39, 0.29) is 29.7 Å². The highest BCUT2D eigenvalue weighted by atomic mass is 19.1. The fourth-order valence-electron chi connectivity index (χ4n) is 4.61. The molecule has 11 heteroatoms. The highest BCUT2D eigenvalue weighted by molar-refractivity contribution is 6.17. The lowest BCUT2D eigenvalue weighted by molar-refractivity contribution is -0.133. The minimum Gasteiger partial charge on any atom is -0.459 e. The van der Waals surface area contributed by atoms with E-state index in [9.17, 15) is 24.0 Å². The first-order chi connectivity index (χ1) is 19.8. The van der Waals surface area contributed by atoms with E-state index in [1.807, 2.05) is 0 Å². The van der Waals surface area contributed by atoms with Crippen molar-refractivity contribution < 1.29 is 42.6 Å². The Morgan fingerprint density at radius 2 is 1.34 bits per heavy atom. The lowest BCUT2D eigenvalue weighted by Crippen LogP contribution is -2.59. The molecule has 2 fully saturated rings. The Labute approximate surface area is 234 Å². The van der Waals surface area contributed by atoms with Gasteiger partial charge in [0, 0.05) is 18.5 Å². The van der Waals surface area contributed by atoms with Gasteiger partial charge in [0.05, 0.1) is 11.1 Å². The molecule has 1 unspecified atom stereocenters. The van der Waals surface area contributed by atoms with E-state index >= 15 is 4.39 Å². The average molecular weight is 561 g/mol. The molecular weight excluding hydrogens is 535 g/mol. The smallest absolute Gasteiger partial charge is 0.338 e. The second-order valence-corrected chi connectivity index (χ2v) is 9.34. The van der Waals surface area contributed by atoms with Gasteiger partial charge < -0.3 is 14.2 Å². The predicted molar refractivity (Wildman–Crippen MR) is 140 cm³/mol. The Hall–Kier alpha value is -4.90. The van der Waals surface area contributed by atoms with E-state index in [0.717, 1.165) is 4.90 Å². The predicted octanol–water partition coefficient (Wildman–Crippen LogP) is 3.63. The third-order valence-corrected chi connectivity index (χ3v) is 6.69. The van der Waals surface area contributed by atoms with Crippen LogP contribution in [-0.2, 0) is 19.0 Å². The summed E-state index contributed by atoms with van der Waals surface area (Å²) in [7, 11) is 0. The highest BCUT2D eigenvalue weighted by Crippen LogP contribution is 2.32. The van der Waals surface area contributed by atoms with Crippen LogP contribution in [0.4, 0.5) is 9.18 Å². The largest absolute Gasteiger partial charge is 0.459 e. The van der Waals surface area contributed by atoms with Crippen molar-refractivity contribution in [2.24, 2.45) is 0 Å². The van der Waals surface area contributed by atoms with E-state index in [4.69, 9.17) is 14.2 Å². The number of carbonyl (C=O) groups is 5. The van der Waals surface area contributed by atoms with Crippen LogP contribution in [0, 0.1) is 0 Å². The molecule has 3 aromatic rings. The molecular formula is C30H25FN2O8. The summed E-state index contributed by atoms with van der Waals surface area (Å²) in [5.41, 5.74) is 0.500. The third kappa shape index (κ3) is 5.85. The number of hydrogen-bond acceptors (Lipinski definition) is 8. The molecule has 0 radical (unpaired) electrons. The van der Waals surface area contributed by atoms with E-state index in [1.54, 1.807) is 54.6 Å². The molecule has 4 atom stereocenters. The lowest BCUT2D eigenvalue weighted by Gasteiger charge is -2.36. The van der Waals surface area contributed by atoms with Crippen molar-refractivity contribution >= 4 is 29.8 Å². The van der Waals surface area contributed by atoms with Crippen LogP contribution in [-0.4, -0.2) is 77.3 Å². The number of benzene rings is 3. The molecule has 210 valence electrons. The van der Waals surface area contributed by atoms with Crippen molar-refractivity contribution in [3.63, 3.8) is 0 Å². The van der Waals surface area contributed by atoms with E-state index < -0.39 is 61.0 Å². The minimum absolute atomic E-state index is 0.0977. The van der Waals surface area contributed by atoms with Gasteiger partial charge in [-0.25, -0.2) is 18.8 Å². The molecule has 2 heterocycles. The number of carbonyl (C=O) groups excluding carboxylic acids is 5. The van der Waals surface area contributed by atoms with Crippen molar-refractivity contribution in [2.45, 2.75) is 31.0 Å². The van der Waals surface area contributed by atoms with Crippen LogP contribution < -0.4 is 0 Å². The Bertz CT molecular complexity index is 1440. The first-order valence-electron chi connectivity index (χ1n) is 12.9. The molecule has 0 saturated carbocycles. The quantitative estimate of drug-likeness (QED) is 0.318. The van der Waals surface area contributed by atoms with Gasteiger partial charge in [0.15, 0.2) is 18.5 Å². The lowest BCUT2D eigenvalue weighted by atomic mass is 10.1. The Morgan fingerprint density at radius 3 is 1.93 bits per heavy atom. The zero-order valence-electron chi connectivity index (χ0n) is 21.6. The molecule has 10 nitrogen and oxygen atoms in total. The number of amides is 4. The summed E-state index contributed by atoms with van der Waals surface area (Å²) in [5.74, 6) is -3.16. The summed E-state index contributed by atoms with van der Waals surface area (Å²) < 4.78 is 32.6. The molecule has 2 aliphatic heterocycles. The van der Waals surface area contributed by atoms with Crippen LogP contribution >= 0.6 is 0 Å². The average Bonchev–Trinajstić information content (AvgIpc) is 3.31. The third-order valence-electron chi connectivity index (χ3n) is 6.69. The molecule has 3 aromatic carbocycles. The maximum atomic E-state index is 16.0. The van der Waals surface area contributed by atoms with Crippen LogP contribution in [0.1, 0.15) is 37.5 Å². The standard InChI is InChI=1S/C30H25FN2O8/c31-24-25(41-29(37)21-14-8-3-9-15-21)22(18-39-28(36)20-12-6-2-7-13-20)40-27(24)32-17-16-23(34)33(30(32)38)26(35)19-10-4-1-5-11-19/h1-15,22,24-25,27H,16-18H2/t22-,24+,25?,27-/m1/s1. The van der Waals surface area contributed by atoms with Gasteiger partial charge in [-0.15, -0.1) is 0 Å². The number of nitrogens with zero attached hydrogens (tertiary/aromatic N) is 2. The highest BCUT2D eigenvalue weighted by Gasteiger charge is 2.54.